The van der Waals surface area contributed by atoms with Crippen LogP contribution < -0.4 is 9.47 Å². The Kier molecular flexibility index (Phi) is 4.85. The van der Waals surface area contributed by atoms with Gasteiger partial charge in [0.05, 0.1) is 6.61 Å². The molecule has 7 nitrogen and oxygen atoms in total. The van der Waals surface area contributed by atoms with Crippen molar-refractivity contribution in [2.45, 2.75) is 32.4 Å². The molecule has 0 aliphatic carbocycles. The highest BCUT2D eigenvalue weighted by Crippen LogP contribution is 2.34. The number of nitrogens with one attached hydrogen (secondary N) is 1. The molecular formula is C18H24N4O3. The van der Waals surface area contributed by atoms with Crippen LogP contribution in [0.2, 0.25) is 0 Å². The number of morpholine rings is 1. The van der Waals surface area contributed by atoms with E-state index in [0.717, 1.165) is 61.2 Å². The number of rotatable bonds is 5. The summed E-state index contributed by atoms with van der Waals surface area (Å²) in [5.41, 5.74) is 1.15. The molecule has 2 aliphatic rings. The summed E-state index contributed by atoms with van der Waals surface area (Å²) < 4.78 is 17.4. The summed E-state index contributed by atoms with van der Waals surface area (Å²) in [5, 5.41) is 7.35. The van der Waals surface area contributed by atoms with Crippen molar-refractivity contribution in [2.24, 2.45) is 0 Å². The minimum atomic E-state index is -0.0905. The van der Waals surface area contributed by atoms with Crippen LogP contribution in [0.4, 0.5) is 0 Å². The summed E-state index contributed by atoms with van der Waals surface area (Å²) >= 11 is 0. The number of hydrogen-bond donors (Lipinski definition) is 1. The van der Waals surface area contributed by atoms with Gasteiger partial charge in [0.15, 0.2) is 17.3 Å². The maximum Gasteiger partial charge on any atom is 0.180 e. The normalized spacial score (nSPS) is 20.6. The van der Waals surface area contributed by atoms with Crippen molar-refractivity contribution in [1.82, 2.24) is 20.1 Å². The van der Waals surface area contributed by atoms with Crippen LogP contribution in [0.15, 0.2) is 18.2 Å². The number of benzene rings is 1. The first-order valence-electron chi connectivity index (χ1n) is 8.96. The second-order valence-corrected chi connectivity index (χ2v) is 6.43. The van der Waals surface area contributed by atoms with Crippen LogP contribution in [0.5, 0.6) is 11.5 Å². The van der Waals surface area contributed by atoms with E-state index >= 15 is 0 Å². The lowest BCUT2D eigenvalue weighted by Gasteiger charge is -2.32. The third-order valence-electron chi connectivity index (χ3n) is 4.52. The molecule has 0 amide bonds. The SMILES string of the molecule is CCCc1nc([C@H]2CN(Cc3cccc4c3OCCO4)CCO2)n[nH]1. The number of fused-ring (bicyclic) bond motifs is 1. The van der Waals surface area contributed by atoms with Gasteiger partial charge in [0.25, 0.3) is 0 Å². The highest BCUT2D eigenvalue weighted by Gasteiger charge is 2.26. The van der Waals surface area contributed by atoms with Crippen molar-refractivity contribution in [1.29, 1.82) is 0 Å². The van der Waals surface area contributed by atoms with Crippen LogP contribution in [0.3, 0.4) is 0 Å². The Balaban J connectivity index is 1.45. The molecule has 1 aromatic heterocycles. The van der Waals surface area contributed by atoms with Crippen molar-refractivity contribution in [3.63, 3.8) is 0 Å². The topological polar surface area (TPSA) is 72.5 Å². The smallest absolute Gasteiger partial charge is 0.180 e. The standard InChI is InChI=1S/C18H24N4O3/c1-2-4-16-19-18(21-20-16)15-12-22(7-8-23-15)11-13-5-3-6-14-17(13)25-10-9-24-14/h3,5-6,15H,2,4,7-12H2,1H3,(H,19,20,21)/t15-/m1/s1. The van der Waals surface area contributed by atoms with Gasteiger partial charge in [-0.1, -0.05) is 19.1 Å². The van der Waals surface area contributed by atoms with E-state index in [9.17, 15) is 0 Å². The summed E-state index contributed by atoms with van der Waals surface area (Å²) in [4.78, 5) is 6.93. The highest BCUT2D eigenvalue weighted by molar-refractivity contribution is 5.47. The maximum absolute atomic E-state index is 5.89. The summed E-state index contributed by atoms with van der Waals surface area (Å²) in [7, 11) is 0. The van der Waals surface area contributed by atoms with Gasteiger partial charge in [-0.3, -0.25) is 10.00 Å². The summed E-state index contributed by atoms with van der Waals surface area (Å²) in [6, 6.07) is 6.08. The molecular weight excluding hydrogens is 320 g/mol. The first kappa shape index (κ1) is 16.4. The van der Waals surface area contributed by atoms with Crippen LogP contribution in [-0.2, 0) is 17.7 Å². The summed E-state index contributed by atoms with van der Waals surface area (Å²) in [6.45, 7) is 6.48. The van der Waals surface area contributed by atoms with Crippen LogP contribution in [-0.4, -0.2) is 53.0 Å². The van der Waals surface area contributed by atoms with Gasteiger partial charge in [-0.15, -0.1) is 0 Å². The van der Waals surface area contributed by atoms with Gasteiger partial charge in [-0.2, -0.15) is 5.10 Å². The number of para-hydroxylation sites is 1. The van der Waals surface area contributed by atoms with Crippen molar-refractivity contribution in [2.75, 3.05) is 32.9 Å². The zero-order valence-electron chi connectivity index (χ0n) is 14.5. The van der Waals surface area contributed by atoms with Crippen LogP contribution in [0, 0.1) is 0 Å². The van der Waals surface area contributed by atoms with E-state index in [4.69, 9.17) is 14.2 Å². The van der Waals surface area contributed by atoms with Gasteiger partial charge in [-0.05, 0) is 12.5 Å². The lowest BCUT2D eigenvalue weighted by molar-refractivity contribution is -0.0373. The summed E-state index contributed by atoms with van der Waals surface area (Å²) in [6.07, 6.45) is 1.87. The Labute approximate surface area is 147 Å². The van der Waals surface area contributed by atoms with Crippen LogP contribution in [0.25, 0.3) is 0 Å². The number of aromatic amines is 1. The van der Waals surface area contributed by atoms with Crippen molar-refractivity contribution in [3.05, 3.63) is 35.4 Å². The molecule has 0 bridgehead atoms. The van der Waals surface area contributed by atoms with E-state index in [1.807, 2.05) is 12.1 Å². The van der Waals surface area contributed by atoms with E-state index < -0.39 is 0 Å². The third kappa shape index (κ3) is 3.62. The molecule has 1 atom stereocenters. The minimum absolute atomic E-state index is 0.0905. The molecule has 1 saturated heterocycles. The van der Waals surface area contributed by atoms with Gasteiger partial charge in [0, 0.05) is 31.6 Å². The second kappa shape index (κ2) is 7.41. The Hall–Kier alpha value is -2.12. The van der Waals surface area contributed by atoms with Crippen molar-refractivity contribution in [3.8, 4) is 11.5 Å². The van der Waals surface area contributed by atoms with Gasteiger partial charge >= 0.3 is 0 Å². The van der Waals surface area contributed by atoms with Gasteiger partial charge < -0.3 is 14.2 Å². The molecule has 134 valence electrons. The van der Waals surface area contributed by atoms with E-state index in [2.05, 4.69) is 33.1 Å². The zero-order valence-corrected chi connectivity index (χ0v) is 14.5. The van der Waals surface area contributed by atoms with Crippen molar-refractivity contribution >= 4 is 0 Å². The first-order chi connectivity index (χ1) is 12.3. The fourth-order valence-electron chi connectivity index (χ4n) is 3.30. The van der Waals surface area contributed by atoms with Gasteiger partial charge in [0.1, 0.15) is 25.1 Å². The zero-order chi connectivity index (χ0) is 17.1. The fraction of sp³-hybridized carbons (Fsp3) is 0.556. The summed E-state index contributed by atoms with van der Waals surface area (Å²) in [5.74, 6) is 3.40. The Morgan fingerprint density at radius 3 is 3.08 bits per heavy atom. The van der Waals surface area contributed by atoms with Crippen molar-refractivity contribution < 1.29 is 14.2 Å². The maximum atomic E-state index is 5.89. The molecule has 1 fully saturated rings. The molecule has 0 unspecified atom stereocenters. The predicted molar refractivity (Wildman–Crippen MR) is 91.8 cm³/mol. The number of aromatic nitrogens is 3. The minimum Gasteiger partial charge on any atom is -0.486 e. The van der Waals surface area contributed by atoms with Crippen LogP contribution >= 0.6 is 0 Å². The molecule has 0 saturated carbocycles. The average Bonchev–Trinajstić information content (AvgIpc) is 3.11. The number of ether oxygens (including phenoxy) is 3. The van der Waals surface area contributed by atoms with E-state index in [1.54, 1.807) is 0 Å². The van der Waals surface area contributed by atoms with E-state index in [1.165, 1.54) is 0 Å². The monoisotopic (exact) mass is 344 g/mol. The Bertz CT molecular complexity index is 718. The molecule has 25 heavy (non-hydrogen) atoms. The molecule has 1 N–H and O–H groups in total. The molecule has 4 rings (SSSR count). The van der Waals surface area contributed by atoms with E-state index in [0.29, 0.717) is 19.8 Å². The van der Waals surface area contributed by atoms with Gasteiger partial charge in [0.2, 0.25) is 0 Å². The number of nitrogens with zero attached hydrogens (tertiary/aromatic N) is 3. The van der Waals surface area contributed by atoms with Gasteiger partial charge in [-0.25, -0.2) is 4.98 Å². The largest absolute Gasteiger partial charge is 0.486 e. The molecule has 0 spiro atoms. The fourth-order valence-corrected chi connectivity index (χ4v) is 3.30. The number of hydrogen-bond acceptors (Lipinski definition) is 6. The first-order valence-corrected chi connectivity index (χ1v) is 8.96. The second-order valence-electron chi connectivity index (χ2n) is 6.43. The average molecular weight is 344 g/mol. The molecule has 2 aliphatic heterocycles. The third-order valence-corrected chi connectivity index (χ3v) is 4.52. The Morgan fingerprint density at radius 1 is 1.24 bits per heavy atom. The lowest BCUT2D eigenvalue weighted by Crippen LogP contribution is -2.38. The highest BCUT2D eigenvalue weighted by atomic mass is 16.6. The van der Waals surface area contributed by atoms with E-state index in [-0.39, 0.29) is 6.10 Å². The molecule has 3 heterocycles. The molecule has 7 heteroatoms. The molecule has 0 radical (unpaired) electrons. The quantitative estimate of drug-likeness (QED) is 0.896. The number of aryl methyl sites for hydroxylation is 1. The predicted octanol–water partition coefficient (Wildman–Crippen LogP) is 2.10. The number of H-pyrrole nitrogens is 1. The molecule has 1 aromatic carbocycles. The van der Waals surface area contributed by atoms with Crippen LogP contribution in [0.1, 0.15) is 36.7 Å². The lowest BCUT2D eigenvalue weighted by atomic mass is 10.1. The molecule has 2 aromatic rings. The Morgan fingerprint density at radius 2 is 2.16 bits per heavy atom.